The lowest BCUT2D eigenvalue weighted by molar-refractivity contribution is 0.274. The number of pyridine rings is 1. The minimum atomic E-state index is -3.49. The number of benzene rings is 1. The number of halogens is 1. The van der Waals surface area contributed by atoms with Gasteiger partial charge in [0, 0.05) is 37.8 Å². The average molecular weight is 328 g/mol. The van der Waals surface area contributed by atoms with E-state index in [0.717, 1.165) is 11.1 Å². The van der Waals surface area contributed by atoms with Gasteiger partial charge >= 0.3 is 0 Å². The quantitative estimate of drug-likeness (QED) is 0.929. The summed E-state index contributed by atoms with van der Waals surface area (Å²) in [5.74, 6) is 0. The van der Waals surface area contributed by atoms with Gasteiger partial charge in [-0.1, -0.05) is 6.07 Å². The van der Waals surface area contributed by atoms with E-state index < -0.39 is 10.0 Å². The summed E-state index contributed by atoms with van der Waals surface area (Å²) in [4.78, 5) is 4.63. The Kier molecular flexibility index (Phi) is 4.53. The molecule has 0 amide bonds. The fourth-order valence-electron chi connectivity index (χ4n) is 2.39. The molecule has 2 heterocycles. The van der Waals surface area contributed by atoms with E-state index in [1.54, 1.807) is 25.4 Å². The summed E-state index contributed by atoms with van der Waals surface area (Å²) in [6, 6.07) is 7.11. The molecule has 114 valence electrons. The second kappa shape index (κ2) is 5.88. The van der Waals surface area contributed by atoms with Crippen molar-refractivity contribution in [1.29, 1.82) is 0 Å². The van der Waals surface area contributed by atoms with Crippen LogP contribution in [-0.4, -0.2) is 43.9 Å². The van der Waals surface area contributed by atoms with Crippen LogP contribution in [0.25, 0.3) is 10.9 Å². The Morgan fingerprint density at radius 2 is 2.00 bits per heavy atom. The molecule has 0 spiro atoms. The van der Waals surface area contributed by atoms with Crippen molar-refractivity contribution >= 4 is 33.3 Å². The highest BCUT2D eigenvalue weighted by Crippen LogP contribution is 2.27. The van der Waals surface area contributed by atoms with Gasteiger partial charge in [-0.15, -0.1) is 12.4 Å². The number of rotatable bonds is 3. The van der Waals surface area contributed by atoms with Gasteiger partial charge in [-0.05, 0) is 30.7 Å². The van der Waals surface area contributed by atoms with Crippen LogP contribution in [-0.2, 0) is 10.0 Å². The van der Waals surface area contributed by atoms with Gasteiger partial charge in [-0.2, -0.15) is 4.31 Å². The molecule has 1 aromatic carbocycles. The summed E-state index contributed by atoms with van der Waals surface area (Å²) in [6.07, 6.45) is 1.69. The summed E-state index contributed by atoms with van der Waals surface area (Å²) in [5, 5.41) is 3.78. The van der Waals surface area contributed by atoms with Gasteiger partial charge in [0.05, 0.1) is 10.4 Å². The third kappa shape index (κ3) is 2.64. The molecule has 0 aliphatic carbocycles. The Balaban J connectivity index is 0.00000161. The number of fused-ring (bicyclic) bond motifs is 1. The van der Waals surface area contributed by atoms with Crippen molar-refractivity contribution in [3.63, 3.8) is 0 Å². The molecule has 3 rings (SSSR count). The van der Waals surface area contributed by atoms with E-state index in [0.29, 0.717) is 23.4 Å². The van der Waals surface area contributed by atoms with Gasteiger partial charge < -0.3 is 5.32 Å². The normalized spacial score (nSPS) is 15.8. The van der Waals surface area contributed by atoms with E-state index in [4.69, 9.17) is 0 Å². The maximum Gasteiger partial charge on any atom is 0.243 e. The van der Waals surface area contributed by atoms with Gasteiger partial charge in [0.15, 0.2) is 0 Å². The molecule has 1 aromatic heterocycles. The molecule has 0 saturated carbocycles. The lowest BCUT2D eigenvalue weighted by Crippen LogP contribution is -2.57. The largest absolute Gasteiger partial charge is 0.313 e. The number of aromatic nitrogens is 1. The van der Waals surface area contributed by atoms with Crippen molar-refractivity contribution < 1.29 is 8.42 Å². The van der Waals surface area contributed by atoms with Crippen LogP contribution >= 0.6 is 12.4 Å². The second-order valence-corrected chi connectivity index (χ2v) is 7.08. The summed E-state index contributed by atoms with van der Waals surface area (Å²) >= 11 is 0. The van der Waals surface area contributed by atoms with Crippen molar-refractivity contribution in [2.45, 2.75) is 17.9 Å². The minimum absolute atomic E-state index is 0. The van der Waals surface area contributed by atoms with Gasteiger partial charge in [0.25, 0.3) is 0 Å². The number of aryl methyl sites for hydroxylation is 1. The molecule has 0 unspecified atom stereocenters. The molecule has 0 radical (unpaired) electrons. The Morgan fingerprint density at radius 1 is 1.29 bits per heavy atom. The molecule has 0 atom stereocenters. The van der Waals surface area contributed by atoms with Crippen LogP contribution in [0.3, 0.4) is 0 Å². The Labute approximate surface area is 130 Å². The Bertz CT molecular complexity index is 760. The lowest BCUT2D eigenvalue weighted by Gasteiger charge is -2.34. The topological polar surface area (TPSA) is 62.3 Å². The van der Waals surface area contributed by atoms with Gasteiger partial charge in [-0.25, -0.2) is 8.42 Å². The number of hydrogen-bond acceptors (Lipinski definition) is 4. The van der Waals surface area contributed by atoms with E-state index >= 15 is 0 Å². The smallest absolute Gasteiger partial charge is 0.243 e. The molecule has 2 aromatic rings. The summed E-state index contributed by atoms with van der Waals surface area (Å²) in [6.45, 7) is 3.35. The van der Waals surface area contributed by atoms with E-state index in [-0.39, 0.29) is 18.4 Å². The molecule has 1 aliphatic rings. The summed E-state index contributed by atoms with van der Waals surface area (Å²) in [7, 11) is -1.85. The highest BCUT2D eigenvalue weighted by molar-refractivity contribution is 7.89. The van der Waals surface area contributed by atoms with Crippen molar-refractivity contribution in [1.82, 2.24) is 14.6 Å². The van der Waals surface area contributed by atoms with Crippen LogP contribution in [0, 0.1) is 6.92 Å². The SMILES string of the molecule is Cc1ccc(S(=O)(=O)N(C)C2CNC2)c2cccnc12.Cl. The molecule has 0 bridgehead atoms. The molecule has 5 nitrogen and oxygen atoms in total. The van der Waals surface area contributed by atoms with E-state index in [1.165, 1.54) is 4.31 Å². The highest BCUT2D eigenvalue weighted by atomic mass is 35.5. The first kappa shape index (κ1) is 16.2. The molecule has 1 saturated heterocycles. The van der Waals surface area contributed by atoms with Crippen molar-refractivity contribution in [3.8, 4) is 0 Å². The summed E-state index contributed by atoms with van der Waals surface area (Å²) < 4.78 is 27.0. The molecular weight excluding hydrogens is 310 g/mol. The van der Waals surface area contributed by atoms with Crippen LogP contribution in [0.15, 0.2) is 35.4 Å². The molecule has 7 heteroatoms. The van der Waals surface area contributed by atoms with Crippen LogP contribution in [0.1, 0.15) is 5.56 Å². The fraction of sp³-hybridized carbons (Fsp3) is 0.357. The molecular formula is C14H18ClN3O2S. The third-order valence-electron chi connectivity index (χ3n) is 3.86. The monoisotopic (exact) mass is 327 g/mol. The van der Waals surface area contributed by atoms with E-state index in [2.05, 4.69) is 10.3 Å². The van der Waals surface area contributed by atoms with E-state index in [9.17, 15) is 8.42 Å². The molecule has 1 N–H and O–H groups in total. The van der Waals surface area contributed by atoms with Crippen LogP contribution in [0.5, 0.6) is 0 Å². The standard InChI is InChI=1S/C14H17N3O2S.ClH/c1-10-5-6-13(12-4-3-7-16-14(10)12)20(18,19)17(2)11-8-15-9-11;/h3-7,11,15H,8-9H2,1-2H3;1H. The van der Waals surface area contributed by atoms with Crippen molar-refractivity contribution in [2.75, 3.05) is 20.1 Å². The predicted octanol–water partition coefficient (Wildman–Crippen LogP) is 1.56. The number of nitrogens with zero attached hydrogens (tertiary/aromatic N) is 2. The van der Waals surface area contributed by atoms with Crippen LogP contribution in [0.4, 0.5) is 0 Å². The molecule has 1 fully saturated rings. The average Bonchev–Trinajstić information content (AvgIpc) is 2.37. The zero-order valence-corrected chi connectivity index (χ0v) is 13.5. The molecule has 1 aliphatic heterocycles. The zero-order valence-electron chi connectivity index (χ0n) is 11.9. The summed E-state index contributed by atoms with van der Waals surface area (Å²) in [5.41, 5.74) is 1.72. The zero-order chi connectivity index (χ0) is 14.3. The van der Waals surface area contributed by atoms with Crippen molar-refractivity contribution in [3.05, 3.63) is 36.0 Å². The molecule has 21 heavy (non-hydrogen) atoms. The van der Waals surface area contributed by atoms with Gasteiger partial charge in [0.2, 0.25) is 10.0 Å². The number of likely N-dealkylation sites (N-methyl/N-ethyl adjacent to an activating group) is 1. The first-order valence-electron chi connectivity index (χ1n) is 6.55. The highest BCUT2D eigenvalue weighted by Gasteiger charge is 2.32. The third-order valence-corrected chi connectivity index (χ3v) is 5.83. The Hall–Kier alpha value is -1.21. The predicted molar refractivity (Wildman–Crippen MR) is 85.3 cm³/mol. The van der Waals surface area contributed by atoms with Gasteiger partial charge in [0.1, 0.15) is 0 Å². The second-order valence-electron chi connectivity index (χ2n) is 5.11. The lowest BCUT2D eigenvalue weighted by atomic mass is 10.1. The fourth-order valence-corrected chi connectivity index (χ4v) is 3.93. The van der Waals surface area contributed by atoms with E-state index in [1.807, 2.05) is 19.1 Å². The van der Waals surface area contributed by atoms with Gasteiger partial charge in [-0.3, -0.25) is 4.98 Å². The van der Waals surface area contributed by atoms with Crippen molar-refractivity contribution in [2.24, 2.45) is 0 Å². The number of hydrogen-bond donors (Lipinski definition) is 1. The number of nitrogens with one attached hydrogen (secondary N) is 1. The minimum Gasteiger partial charge on any atom is -0.313 e. The first-order valence-corrected chi connectivity index (χ1v) is 7.99. The maximum atomic E-state index is 12.8. The number of sulfonamides is 1. The first-order chi connectivity index (χ1) is 9.51. The maximum absolute atomic E-state index is 12.8. The van der Waals surface area contributed by atoms with Crippen LogP contribution < -0.4 is 5.32 Å². The van der Waals surface area contributed by atoms with Crippen LogP contribution in [0.2, 0.25) is 0 Å². The Morgan fingerprint density at radius 3 is 2.62 bits per heavy atom.